The standard InChI is InChI=1S/C23H26ClNO5/c1-14-11-17(12-15(2)20(14)30-23(3,4)21(26)27)16-9-10-25(13-16)22(28)29-19-7-5-18(24)6-8-19/h5-8,11-12,16H,9-10,13H2,1-4H3,(H,26,27). The van der Waals surface area contributed by atoms with Crippen LogP contribution in [0.3, 0.4) is 0 Å². The van der Waals surface area contributed by atoms with Crippen molar-refractivity contribution in [2.24, 2.45) is 0 Å². The Hall–Kier alpha value is -2.73. The van der Waals surface area contributed by atoms with E-state index in [1.165, 1.54) is 13.8 Å². The van der Waals surface area contributed by atoms with Gasteiger partial charge in [-0.15, -0.1) is 0 Å². The molecule has 1 aliphatic rings. The van der Waals surface area contributed by atoms with Crippen molar-refractivity contribution >= 4 is 23.7 Å². The van der Waals surface area contributed by atoms with Crippen molar-refractivity contribution in [1.82, 2.24) is 4.90 Å². The predicted octanol–water partition coefficient (Wildman–Crippen LogP) is 5.19. The molecule has 0 aliphatic carbocycles. The second-order valence-electron chi connectivity index (χ2n) is 8.15. The van der Waals surface area contributed by atoms with E-state index >= 15 is 0 Å². The molecule has 6 nitrogen and oxygen atoms in total. The Morgan fingerprint density at radius 2 is 1.73 bits per heavy atom. The van der Waals surface area contributed by atoms with Crippen molar-refractivity contribution in [3.63, 3.8) is 0 Å². The third-order valence-corrected chi connectivity index (χ3v) is 5.54. The van der Waals surface area contributed by atoms with E-state index in [1.54, 1.807) is 29.2 Å². The summed E-state index contributed by atoms with van der Waals surface area (Å²) in [5.74, 6) is 0.211. The van der Waals surface area contributed by atoms with Gasteiger partial charge in [0.1, 0.15) is 11.5 Å². The minimum Gasteiger partial charge on any atom is -0.478 e. The van der Waals surface area contributed by atoms with Crippen LogP contribution in [-0.4, -0.2) is 40.8 Å². The molecule has 0 saturated carbocycles. The molecule has 1 atom stereocenters. The highest BCUT2D eigenvalue weighted by Crippen LogP contribution is 2.34. The van der Waals surface area contributed by atoms with Gasteiger partial charge in [0.25, 0.3) is 0 Å². The summed E-state index contributed by atoms with van der Waals surface area (Å²) in [6, 6.07) is 10.7. The molecule has 1 N–H and O–H groups in total. The molecule has 0 spiro atoms. The van der Waals surface area contributed by atoms with Crippen molar-refractivity contribution in [1.29, 1.82) is 0 Å². The summed E-state index contributed by atoms with van der Waals surface area (Å²) >= 11 is 5.86. The number of nitrogens with zero attached hydrogens (tertiary/aromatic N) is 1. The highest BCUT2D eigenvalue weighted by atomic mass is 35.5. The Morgan fingerprint density at radius 3 is 2.30 bits per heavy atom. The molecule has 3 rings (SSSR count). The number of hydrogen-bond acceptors (Lipinski definition) is 4. The molecular formula is C23H26ClNO5. The number of likely N-dealkylation sites (tertiary alicyclic amines) is 1. The summed E-state index contributed by atoms with van der Waals surface area (Å²) < 4.78 is 11.2. The molecule has 1 amide bonds. The van der Waals surface area contributed by atoms with Crippen LogP contribution in [0.1, 0.15) is 42.9 Å². The van der Waals surface area contributed by atoms with Crippen LogP contribution in [0.4, 0.5) is 4.79 Å². The molecule has 2 aromatic rings. The molecule has 0 radical (unpaired) electrons. The second-order valence-corrected chi connectivity index (χ2v) is 8.59. The number of ether oxygens (including phenoxy) is 2. The maximum atomic E-state index is 12.5. The first-order valence-electron chi connectivity index (χ1n) is 9.82. The fourth-order valence-corrected chi connectivity index (χ4v) is 3.67. The average molecular weight is 432 g/mol. The van der Waals surface area contributed by atoms with Crippen LogP contribution in [0.2, 0.25) is 5.02 Å². The van der Waals surface area contributed by atoms with Gasteiger partial charge in [-0.1, -0.05) is 23.7 Å². The number of carbonyl (C=O) groups excluding carboxylic acids is 1. The molecule has 160 valence electrons. The van der Waals surface area contributed by atoms with E-state index < -0.39 is 11.6 Å². The molecule has 0 bridgehead atoms. The number of carboxylic acid groups (broad SMARTS) is 1. The Kier molecular flexibility index (Phi) is 6.27. The van der Waals surface area contributed by atoms with Crippen LogP contribution >= 0.6 is 11.6 Å². The first-order valence-corrected chi connectivity index (χ1v) is 10.2. The SMILES string of the molecule is Cc1cc(C2CCN(C(=O)Oc3ccc(Cl)cc3)C2)cc(C)c1OC(C)(C)C(=O)O. The molecule has 1 heterocycles. The topological polar surface area (TPSA) is 76.1 Å². The lowest BCUT2D eigenvalue weighted by atomic mass is 9.94. The lowest BCUT2D eigenvalue weighted by molar-refractivity contribution is -0.152. The van der Waals surface area contributed by atoms with Gasteiger partial charge in [0, 0.05) is 24.0 Å². The van der Waals surface area contributed by atoms with Gasteiger partial charge in [0.05, 0.1) is 0 Å². The van der Waals surface area contributed by atoms with Crippen LogP contribution in [0.15, 0.2) is 36.4 Å². The Bertz CT molecular complexity index is 932. The quantitative estimate of drug-likeness (QED) is 0.705. The largest absolute Gasteiger partial charge is 0.478 e. The van der Waals surface area contributed by atoms with Crippen molar-refractivity contribution < 1.29 is 24.2 Å². The van der Waals surface area contributed by atoms with E-state index in [0.717, 1.165) is 23.1 Å². The van der Waals surface area contributed by atoms with E-state index in [9.17, 15) is 14.7 Å². The summed E-state index contributed by atoms with van der Waals surface area (Å²) in [4.78, 5) is 25.6. The molecule has 1 unspecified atom stereocenters. The predicted molar refractivity (Wildman–Crippen MR) is 115 cm³/mol. The smallest absolute Gasteiger partial charge is 0.415 e. The highest BCUT2D eigenvalue weighted by Gasteiger charge is 2.32. The molecule has 7 heteroatoms. The number of carboxylic acids is 1. The van der Waals surface area contributed by atoms with Crippen LogP contribution in [-0.2, 0) is 4.79 Å². The lowest BCUT2D eigenvalue weighted by Gasteiger charge is -2.25. The van der Waals surface area contributed by atoms with E-state index in [2.05, 4.69) is 0 Å². The van der Waals surface area contributed by atoms with E-state index in [1.807, 2.05) is 26.0 Å². The van der Waals surface area contributed by atoms with Crippen molar-refractivity contribution in [2.45, 2.75) is 45.6 Å². The molecule has 2 aromatic carbocycles. The third kappa shape index (κ3) is 4.87. The zero-order valence-corrected chi connectivity index (χ0v) is 18.3. The fourth-order valence-electron chi connectivity index (χ4n) is 3.55. The zero-order valence-electron chi connectivity index (χ0n) is 17.6. The number of halogens is 1. The number of benzene rings is 2. The summed E-state index contributed by atoms with van der Waals surface area (Å²) in [5.41, 5.74) is 1.54. The van der Waals surface area contributed by atoms with Crippen LogP contribution < -0.4 is 9.47 Å². The Balaban J connectivity index is 1.69. The Morgan fingerprint density at radius 1 is 1.13 bits per heavy atom. The summed E-state index contributed by atoms with van der Waals surface area (Å²) in [6.45, 7) is 8.05. The average Bonchev–Trinajstić information content (AvgIpc) is 3.16. The van der Waals surface area contributed by atoms with Gasteiger partial charge in [-0.05, 0) is 75.1 Å². The fraction of sp³-hybridized carbons (Fsp3) is 0.391. The number of rotatable bonds is 5. The first kappa shape index (κ1) is 22.0. The summed E-state index contributed by atoms with van der Waals surface area (Å²) in [7, 11) is 0. The van der Waals surface area contributed by atoms with Crippen LogP contribution in [0, 0.1) is 13.8 Å². The van der Waals surface area contributed by atoms with Crippen LogP contribution in [0.25, 0.3) is 0 Å². The minimum absolute atomic E-state index is 0.182. The van der Waals surface area contributed by atoms with Gasteiger partial charge in [-0.3, -0.25) is 0 Å². The van der Waals surface area contributed by atoms with Gasteiger partial charge in [0.15, 0.2) is 5.60 Å². The normalized spacial score (nSPS) is 16.4. The molecule has 1 aliphatic heterocycles. The van der Waals surface area contributed by atoms with Gasteiger partial charge in [-0.25, -0.2) is 9.59 Å². The lowest BCUT2D eigenvalue weighted by Crippen LogP contribution is -2.38. The number of aliphatic carboxylic acids is 1. The van der Waals surface area contributed by atoms with Crippen molar-refractivity contribution in [3.05, 3.63) is 58.1 Å². The molecule has 0 aromatic heterocycles. The summed E-state index contributed by atoms with van der Waals surface area (Å²) in [6.07, 6.45) is 0.450. The van der Waals surface area contributed by atoms with Crippen molar-refractivity contribution in [3.8, 4) is 11.5 Å². The maximum absolute atomic E-state index is 12.5. The Labute approximate surface area is 181 Å². The first-order chi connectivity index (χ1) is 14.1. The van der Waals surface area contributed by atoms with E-state index in [0.29, 0.717) is 29.6 Å². The highest BCUT2D eigenvalue weighted by molar-refractivity contribution is 6.30. The van der Waals surface area contributed by atoms with E-state index in [4.69, 9.17) is 21.1 Å². The van der Waals surface area contributed by atoms with E-state index in [-0.39, 0.29) is 12.0 Å². The molecular weight excluding hydrogens is 406 g/mol. The maximum Gasteiger partial charge on any atom is 0.415 e. The number of carbonyl (C=O) groups is 2. The van der Waals surface area contributed by atoms with Gasteiger partial charge >= 0.3 is 12.1 Å². The third-order valence-electron chi connectivity index (χ3n) is 5.29. The summed E-state index contributed by atoms with van der Waals surface area (Å²) in [5, 5.41) is 9.92. The number of amides is 1. The number of hydrogen-bond donors (Lipinski definition) is 1. The number of aryl methyl sites for hydroxylation is 2. The monoisotopic (exact) mass is 431 g/mol. The van der Waals surface area contributed by atoms with Crippen LogP contribution in [0.5, 0.6) is 11.5 Å². The van der Waals surface area contributed by atoms with Gasteiger partial charge < -0.3 is 19.5 Å². The second kappa shape index (κ2) is 8.56. The molecule has 1 fully saturated rings. The van der Waals surface area contributed by atoms with Gasteiger partial charge in [-0.2, -0.15) is 0 Å². The zero-order chi connectivity index (χ0) is 22.1. The molecule has 1 saturated heterocycles. The van der Waals surface area contributed by atoms with Crippen molar-refractivity contribution in [2.75, 3.05) is 13.1 Å². The molecule has 30 heavy (non-hydrogen) atoms. The minimum atomic E-state index is -1.31. The van der Waals surface area contributed by atoms with Gasteiger partial charge in [0.2, 0.25) is 0 Å².